The molecule has 0 saturated carbocycles. The molecular weight excluding hydrogens is 246 g/mol. The van der Waals surface area contributed by atoms with E-state index in [1.807, 2.05) is 24.0 Å². The Bertz CT molecular complexity index is 333. The van der Waals surface area contributed by atoms with Crippen LogP contribution < -0.4 is 5.73 Å². The van der Waals surface area contributed by atoms with Crippen molar-refractivity contribution >= 4 is 0 Å². The summed E-state index contributed by atoms with van der Waals surface area (Å²) < 4.78 is 2.03. The van der Waals surface area contributed by atoms with Gasteiger partial charge in [-0.25, -0.2) is 4.98 Å². The highest BCUT2D eigenvalue weighted by atomic mass is 15.1. The molecule has 1 atom stereocenters. The summed E-state index contributed by atoms with van der Waals surface area (Å²) in [6, 6.07) is 0.101. The Kier molecular flexibility index (Phi) is 9.38. The number of unbranched alkanes of at least 4 members (excludes halogenated alkanes) is 9. The number of nitrogens with two attached hydrogens (primary N) is 1. The van der Waals surface area contributed by atoms with Crippen molar-refractivity contribution in [3.63, 3.8) is 0 Å². The van der Waals surface area contributed by atoms with E-state index in [9.17, 15) is 0 Å². The summed E-state index contributed by atoms with van der Waals surface area (Å²) in [6.07, 6.45) is 18.6. The van der Waals surface area contributed by atoms with Gasteiger partial charge in [-0.05, 0) is 6.42 Å². The average Bonchev–Trinajstić information content (AvgIpc) is 2.87. The van der Waals surface area contributed by atoms with Gasteiger partial charge in [-0.15, -0.1) is 0 Å². The summed E-state index contributed by atoms with van der Waals surface area (Å²) in [5.41, 5.74) is 6.17. The molecular formula is C17H33N3. The molecule has 1 rings (SSSR count). The topological polar surface area (TPSA) is 43.8 Å². The second kappa shape index (κ2) is 10.9. The molecule has 0 aliphatic rings. The van der Waals surface area contributed by atoms with E-state index >= 15 is 0 Å². The number of nitrogens with zero attached hydrogens (tertiary/aromatic N) is 2. The predicted molar refractivity (Wildman–Crippen MR) is 86.6 cm³/mol. The molecule has 1 aromatic heterocycles. The summed E-state index contributed by atoms with van der Waals surface area (Å²) in [4.78, 5) is 4.32. The van der Waals surface area contributed by atoms with Crippen molar-refractivity contribution < 1.29 is 0 Å². The van der Waals surface area contributed by atoms with Crippen molar-refractivity contribution in [1.29, 1.82) is 0 Å². The van der Waals surface area contributed by atoms with E-state index in [1.54, 1.807) is 0 Å². The molecule has 0 aromatic carbocycles. The Morgan fingerprint density at radius 3 is 2.05 bits per heavy atom. The zero-order valence-corrected chi connectivity index (χ0v) is 13.5. The van der Waals surface area contributed by atoms with Crippen molar-refractivity contribution in [3.8, 4) is 0 Å². The highest BCUT2D eigenvalue weighted by Gasteiger charge is 2.09. The number of hydrogen-bond donors (Lipinski definition) is 1. The molecule has 0 spiro atoms. The van der Waals surface area contributed by atoms with Gasteiger partial charge in [-0.3, -0.25) is 0 Å². The lowest BCUT2D eigenvalue weighted by Gasteiger charge is -2.11. The quantitative estimate of drug-likeness (QED) is 0.562. The summed E-state index contributed by atoms with van der Waals surface area (Å²) in [6.45, 7) is 2.27. The maximum atomic E-state index is 6.17. The Hall–Kier alpha value is -0.830. The van der Waals surface area contributed by atoms with Crippen molar-refractivity contribution in [2.24, 2.45) is 12.8 Å². The van der Waals surface area contributed by atoms with Crippen molar-refractivity contribution in [1.82, 2.24) is 9.55 Å². The average molecular weight is 279 g/mol. The largest absolute Gasteiger partial charge is 0.337 e. The number of imidazole rings is 1. The van der Waals surface area contributed by atoms with Gasteiger partial charge in [0.1, 0.15) is 5.82 Å². The van der Waals surface area contributed by atoms with E-state index < -0.39 is 0 Å². The lowest BCUT2D eigenvalue weighted by molar-refractivity contribution is 0.513. The molecule has 2 N–H and O–H groups in total. The van der Waals surface area contributed by atoms with Gasteiger partial charge in [0.25, 0.3) is 0 Å². The van der Waals surface area contributed by atoms with Crippen LogP contribution in [0.25, 0.3) is 0 Å². The summed E-state index contributed by atoms with van der Waals surface area (Å²) in [5, 5.41) is 0. The van der Waals surface area contributed by atoms with Crippen LogP contribution in [0, 0.1) is 0 Å². The molecule has 0 radical (unpaired) electrons. The first-order valence-electron chi connectivity index (χ1n) is 8.48. The molecule has 0 amide bonds. The van der Waals surface area contributed by atoms with Crippen molar-refractivity contribution in [2.45, 2.75) is 83.6 Å². The van der Waals surface area contributed by atoms with Gasteiger partial charge < -0.3 is 10.3 Å². The third kappa shape index (κ3) is 7.09. The highest BCUT2D eigenvalue weighted by molar-refractivity contribution is 4.97. The minimum atomic E-state index is 0.101. The SMILES string of the molecule is CCCCCCCCCCCCC(N)c1nccn1C. The standard InChI is InChI=1S/C17H33N3/c1-3-4-5-6-7-8-9-10-11-12-13-16(18)17-19-14-15-20(17)2/h14-16H,3-13,18H2,1-2H3. The zero-order chi connectivity index (χ0) is 14.6. The first-order chi connectivity index (χ1) is 9.75. The van der Waals surface area contributed by atoms with E-state index in [0.29, 0.717) is 0 Å². The molecule has 3 heteroatoms. The fraction of sp³-hybridized carbons (Fsp3) is 0.824. The Labute approximate surface area is 125 Å². The molecule has 1 aromatic rings. The van der Waals surface area contributed by atoms with Gasteiger partial charge in [-0.1, -0.05) is 71.1 Å². The van der Waals surface area contributed by atoms with Crippen LogP contribution in [0.1, 0.15) is 89.4 Å². The van der Waals surface area contributed by atoms with Crippen LogP contribution in [0.2, 0.25) is 0 Å². The molecule has 0 aliphatic heterocycles. The van der Waals surface area contributed by atoms with Crippen LogP contribution in [-0.4, -0.2) is 9.55 Å². The van der Waals surface area contributed by atoms with Crippen LogP contribution in [0.5, 0.6) is 0 Å². The number of aromatic nitrogens is 2. The van der Waals surface area contributed by atoms with Gasteiger partial charge in [0.15, 0.2) is 0 Å². The molecule has 1 heterocycles. The number of aryl methyl sites for hydroxylation is 1. The van der Waals surface area contributed by atoms with Gasteiger partial charge in [0.05, 0.1) is 6.04 Å². The normalized spacial score (nSPS) is 12.8. The number of hydrogen-bond acceptors (Lipinski definition) is 2. The smallest absolute Gasteiger partial charge is 0.125 e. The van der Waals surface area contributed by atoms with Crippen molar-refractivity contribution in [2.75, 3.05) is 0 Å². The molecule has 1 unspecified atom stereocenters. The van der Waals surface area contributed by atoms with E-state index in [2.05, 4.69) is 11.9 Å². The molecule has 116 valence electrons. The lowest BCUT2D eigenvalue weighted by atomic mass is 10.0. The molecule has 20 heavy (non-hydrogen) atoms. The van der Waals surface area contributed by atoms with Crippen LogP contribution in [-0.2, 0) is 7.05 Å². The monoisotopic (exact) mass is 279 g/mol. The first-order valence-corrected chi connectivity index (χ1v) is 8.48. The van der Waals surface area contributed by atoms with E-state index in [1.165, 1.54) is 64.2 Å². The minimum Gasteiger partial charge on any atom is -0.337 e. The van der Waals surface area contributed by atoms with Gasteiger partial charge >= 0.3 is 0 Å². The van der Waals surface area contributed by atoms with Crippen molar-refractivity contribution in [3.05, 3.63) is 18.2 Å². The maximum Gasteiger partial charge on any atom is 0.125 e. The Morgan fingerprint density at radius 2 is 1.55 bits per heavy atom. The summed E-state index contributed by atoms with van der Waals surface area (Å²) in [7, 11) is 2.01. The van der Waals surface area contributed by atoms with Gasteiger partial charge in [0.2, 0.25) is 0 Å². The zero-order valence-electron chi connectivity index (χ0n) is 13.5. The van der Waals surface area contributed by atoms with E-state index in [-0.39, 0.29) is 6.04 Å². The Morgan fingerprint density at radius 1 is 1.00 bits per heavy atom. The first kappa shape index (κ1) is 17.2. The van der Waals surface area contributed by atoms with Gasteiger partial charge in [-0.2, -0.15) is 0 Å². The maximum absolute atomic E-state index is 6.17. The second-order valence-corrected chi connectivity index (χ2v) is 5.97. The minimum absolute atomic E-state index is 0.101. The molecule has 3 nitrogen and oxygen atoms in total. The van der Waals surface area contributed by atoms with Crippen LogP contribution in [0.3, 0.4) is 0 Å². The lowest BCUT2D eigenvalue weighted by Crippen LogP contribution is -2.15. The van der Waals surface area contributed by atoms with Crippen LogP contribution >= 0.6 is 0 Å². The highest BCUT2D eigenvalue weighted by Crippen LogP contribution is 2.16. The van der Waals surface area contributed by atoms with Gasteiger partial charge in [0, 0.05) is 19.4 Å². The summed E-state index contributed by atoms with van der Waals surface area (Å²) in [5.74, 6) is 1.01. The fourth-order valence-electron chi connectivity index (χ4n) is 2.72. The number of rotatable bonds is 12. The predicted octanol–water partition coefficient (Wildman–Crippen LogP) is 4.73. The molecule has 0 bridgehead atoms. The molecule has 0 aliphatic carbocycles. The van der Waals surface area contributed by atoms with Crippen LogP contribution in [0.4, 0.5) is 0 Å². The van der Waals surface area contributed by atoms with E-state index in [4.69, 9.17) is 5.73 Å². The summed E-state index contributed by atoms with van der Waals surface area (Å²) >= 11 is 0. The van der Waals surface area contributed by atoms with E-state index in [0.717, 1.165) is 12.2 Å². The van der Waals surface area contributed by atoms with Crippen LogP contribution in [0.15, 0.2) is 12.4 Å². The second-order valence-electron chi connectivity index (χ2n) is 5.97. The Balaban J connectivity index is 1.91. The molecule has 0 fully saturated rings. The fourth-order valence-corrected chi connectivity index (χ4v) is 2.72. The molecule has 0 saturated heterocycles. The third-order valence-electron chi connectivity index (χ3n) is 4.06. The third-order valence-corrected chi connectivity index (χ3v) is 4.06.